The van der Waals surface area contributed by atoms with E-state index in [4.69, 9.17) is 10.5 Å². The van der Waals surface area contributed by atoms with Crippen LogP contribution in [0.4, 0.5) is 0 Å². The lowest BCUT2D eigenvalue weighted by Gasteiger charge is -2.30. The Morgan fingerprint density at radius 1 is 1.36 bits per heavy atom. The molecule has 0 radical (unpaired) electrons. The van der Waals surface area contributed by atoms with Crippen molar-refractivity contribution in [3.63, 3.8) is 0 Å². The summed E-state index contributed by atoms with van der Waals surface area (Å²) in [6.45, 7) is 5.51. The van der Waals surface area contributed by atoms with Crippen molar-refractivity contribution in [2.24, 2.45) is 11.7 Å². The van der Waals surface area contributed by atoms with Gasteiger partial charge in [0.2, 0.25) is 0 Å². The maximum absolute atomic E-state index is 11.5. The van der Waals surface area contributed by atoms with Crippen LogP contribution >= 0.6 is 0 Å². The Bertz CT molecular complexity index is 208. The average Bonchev–Trinajstić information content (AvgIpc) is 2.07. The van der Waals surface area contributed by atoms with Gasteiger partial charge in [0.15, 0.2) is 0 Å². The van der Waals surface area contributed by atoms with Crippen molar-refractivity contribution in [2.75, 3.05) is 0 Å². The van der Waals surface area contributed by atoms with Crippen molar-refractivity contribution < 1.29 is 9.53 Å². The van der Waals surface area contributed by atoms with E-state index >= 15 is 0 Å². The number of hydrogen-bond acceptors (Lipinski definition) is 3. The molecule has 0 bridgehead atoms. The predicted octanol–water partition coefficient (Wildman–Crippen LogP) is 1.85. The van der Waals surface area contributed by atoms with Crippen molar-refractivity contribution in [1.82, 2.24) is 0 Å². The molecular weight excluding hydrogens is 178 g/mol. The molecule has 0 aromatic carbocycles. The Morgan fingerprint density at radius 3 is 2.43 bits per heavy atom. The van der Waals surface area contributed by atoms with Crippen LogP contribution in [0.15, 0.2) is 0 Å². The van der Waals surface area contributed by atoms with Gasteiger partial charge < -0.3 is 10.5 Å². The van der Waals surface area contributed by atoms with E-state index in [1.807, 2.05) is 0 Å². The molecule has 0 amide bonds. The molecule has 2 atom stereocenters. The van der Waals surface area contributed by atoms with E-state index in [1.165, 1.54) is 6.42 Å². The number of rotatable bonds is 2. The zero-order valence-electron chi connectivity index (χ0n) is 9.38. The third kappa shape index (κ3) is 2.98. The monoisotopic (exact) mass is 199 g/mol. The number of carbonyl (C=O) groups excluding carboxylic acids is 1. The molecule has 82 valence electrons. The van der Waals surface area contributed by atoms with Gasteiger partial charge in [-0.15, -0.1) is 0 Å². The van der Waals surface area contributed by atoms with Crippen LogP contribution in [0.3, 0.4) is 0 Å². The highest BCUT2D eigenvalue weighted by Gasteiger charge is 2.30. The second kappa shape index (κ2) is 4.30. The first-order valence-corrected chi connectivity index (χ1v) is 5.41. The number of ether oxygens (including phenoxy) is 1. The van der Waals surface area contributed by atoms with E-state index in [-0.39, 0.29) is 12.1 Å². The van der Waals surface area contributed by atoms with Crippen LogP contribution in [0.25, 0.3) is 0 Å². The molecule has 1 aliphatic carbocycles. The lowest BCUT2D eigenvalue weighted by molar-refractivity contribution is -0.158. The van der Waals surface area contributed by atoms with Gasteiger partial charge in [-0.1, -0.05) is 13.3 Å². The highest BCUT2D eigenvalue weighted by atomic mass is 16.5. The van der Waals surface area contributed by atoms with Gasteiger partial charge >= 0.3 is 5.97 Å². The van der Waals surface area contributed by atoms with Crippen molar-refractivity contribution >= 4 is 5.97 Å². The Labute approximate surface area is 86.0 Å². The minimum atomic E-state index is -0.864. The van der Waals surface area contributed by atoms with E-state index in [0.29, 0.717) is 5.92 Å². The fourth-order valence-electron chi connectivity index (χ4n) is 1.75. The number of carbonyl (C=O) groups is 1. The molecule has 0 aromatic rings. The van der Waals surface area contributed by atoms with Gasteiger partial charge in [-0.3, -0.25) is 4.79 Å². The topological polar surface area (TPSA) is 52.3 Å². The van der Waals surface area contributed by atoms with Crippen LogP contribution in [0.5, 0.6) is 0 Å². The minimum absolute atomic E-state index is 0.0825. The van der Waals surface area contributed by atoms with E-state index in [0.717, 1.165) is 19.3 Å². The molecule has 0 heterocycles. The van der Waals surface area contributed by atoms with Crippen LogP contribution in [0, 0.1) is 5.92 Å². The highest BCUT2D eigenvalue weighted by molar-refractivity contribution is 5.79. The molecule has 2 N–H and O–H groups in total. The van der Waals surface area contributed by atoms with Crippen molar-refractivity contribution in [2.45, 2.75) is 58.1 Å². The summed E-state index contributed by atoms with van der Waals surface area (Å²) in [6, 6.07) is 0. The first-order valence-electron chi connectivity index (χ1n) is 5.41. The fourth-order valence-corrected chi connectivity index (χ4v) is 1.75. The first-order chi connectivity index (χ1) is 6.41. The maximum atomic E-state index is 11.5. The molecule has 14 heavy (non-hydrogen) atoms. The summed E-state index contributed by atoms with van der Waals surface area (Å²) in [5, 5.41) is 0. The van der Waals surface area contributed by atoms with Gasteiger partial charge in [-0.2, -0.15) is 0 Å². The van der Waals surface area contributed by atoms with Crippen molar-refractivity contribution in [3.05, 3.63) is 0 Å². The highest BCUT2D eigenvalue weighted by Crippen LogP contribution is 2.27. The quantitative estimate of drug-likeness (QED) is 0.690. The maximum Gasteiger partial charge on any atom is 0.325 e. The van der Waals surface area contributed by atoms with E-state index in [2.05, 4.69) is 6.92 Å². The largest absolute Gasteiger partial charge is 0.461 e. The molecule has 0 saturated heterocycles. The third-order valence-electron chi connectivity index (χ3n) is 2.82. The summed E-state index contributed by atoms with van der Waals surface area (Å²) < 4.78 is 5.40. The molecule has 3 heteroatoms. The molecule has 0 aliphatic heterocycles. The predicted molar refractivity (Wildman–Crippen MR) is 55.8 cm³/mol. The van der Waals surface area contributed by atoms with Gasteiger partial charge in [0.25, 0.3) is 0 Å². The van der Waals surface area contributed by atoms with Gasteiger partial charge in [0.05, 0.1) is 0 Å². The summed E-state index contributed by atoms with van der Waals surface area (Å²) in [6.07, 6.45) is 4.64. The van der Waals surface area contributed by atoms with E-state index in [1.54, 1.807) is 13.8 Å². The molecule has 0 spiro atoms. The summed E-state index contributed by atoms with van der Waals surface area (Å²) in [7, 11) is 0. The average molecular weight is 199 g/mol. The zero-order chi connectivity index (χ0) is 10.8. The summed E-state index contributed by atoms with van der Waals surface area (Å²) in [5.74, 6) is 0.200. The van der Waals surface area contributed by atoms with Crippen LogP contribution in [-0.4, -0.2) is 17.6 Å². The van der Waals surface area contributed by atoms with Crippen LogP contribution in [-0.2, 0) is 9.53 Å². The number of hydrogen-bond donors (Lipinski definition) is 1. The van der Waals surface area contributed by atoms with Gasteiger partial charge in [-0.05, 0) is 39.0 Å². The number of esters is 1. The fraction of sp³-hybridized carbons (Fsp3) is 0.909. The Balaban J connectivity index is 2.46. The Hall–Kier alpha value is -0.570. The molecule has 2 unspecified atom stereocenters. The van der Waals surface area contributed by atoms with Crippen molar-refractivity contribution in [3.8, 4) is 0 Å². The second-order valence-electron chi connectivity index (χ2n) is 4.93. The standard InChI is InChI=1S/C11H21NO2/c1-8-6-4-5-7-9(8)14-10(13)11(2,3)12/h8-9H,4-7,12H2,1-3H3. The first kappa shape index (κ1) is 11.5. The second-order valence-corrected chi connectivity index (χ2v) is 4.93. The summed E-state index contributed by atoms with van der Waals surface area (Å²) >= 11 is 0. The van der Waals surface area contributed by atoms with Crippen LogP contribution in [0.1, 0.15) is 46.5 Å². The SMILES string of the molecule is CC1CCCCC1OC(=O)C(C)(C)N. The lowest BCUT2D eigenvalue weighted by Crippen LogP contribution is -2.45. The normalized spacial score (nSPS) is 28.6. The molecule has 1 rings (SSSR count). The smallest absolute Gasteiger partial charge is 0.325 e. The molecule has 1 aliphatic rings. The van der Waals surface area contributed by atoms with Crippen LogP contribution < -0.4 is 5.73 Å². The number of nitrogens with two attached hydrogens (primary N) is 1. The summed E-state index contributed by atoms with van der Waals surface area (Å²) in [5.41, 5.74) is 4.80. The Morgan fingerprint density at radius 2 is 1.93 bits per heavy atom. The summed E-state index contributed by atoms with van der Waals surface area (Å²) in [4.78, 5) is 11.5. The van der Waals surface area contributed by atoms with E-state index in [9.17, 15) is 4.79 Å². The molecule has 1 saturated carbocycles. The zero-order valence-corrected chi connectivity index (χ0v) is 9.38. The minimum Gasteiger partial charge on any atom is -0.461 e. The van der Waals surface area contributed by atoms with Gasteiger partial charge in [-0.25, -0.2) is 0 Å². The van der Waals surface area contributed by atoms with Gasteiger partial charge in [0.1, 0.15) is 11.6 Å². The van der Waals surface area contributed by atoms with Gasteiger partial charge in [0, 0.05) is 0 Å². The third-order valence-corrected chi connectivity index (χ3v) is 2.82. The molecule has 0 aromatic heterocycles. The molecule has 3 nitrogen and oxygen atoms in total. The Kier molecular flexibility index (Phi) is 3.53. The lowest BCUT2D eigenvalue weighted by atomic mass is 9.88. The van der Waals surface area contributed by atoms with Crippen molar-refractivity contribution in [1.29, 1.82) is 0 Å². The van der Waals surface area contributed by atoms with Crippen LogP contribution in [0.2, 0.25) is 0 Å². The molecular formula is C11H21NO2. The van der Waals surface area contributed by atoms with E-state index < -0.39 is 5.54 Å². The molecule has 1 fully saturated rings.